The number of nitro benzene ring substituents is 1. The number of aryl methyl sites for hydroxylation is 1. The number of benzene rings is 2. The smallest absolute Gasteiger partial charge is 0.270 e. The molecule has 0 bridgehead atoms. The van der Waals surface area contributed by atoms with Gasteiger partial charge in [-0.2, -0.15) is 11.8 Å². The van der Waals surface area contributed by atoms with Crippen LogP contribution in [0.4, 0.5) is 5.69 Å². The van der Waals surface area contributed by atoms with Crippen LogP contribution in [0, 0.1) is 17.0 Å². The molecule has 0 radical (unpaired) electrons. The van der Waals surface area contributed by atoms with Gasteiger partial charge in [-0.3, -0.25) is 19.8 Å². The Balaban J connectivity index is 1.75. The number of aromatic nitrogens is 2. The predicted molar refractivity (Wildman–Crippen MR) is 126 cm³/mol. The van der Waals surface area contributed by atoms with Gasteiger partial charge in [-0.05, 0) is 6.92 Å². The molecule has 9 heteroatoms. The molecule has 4 rings (SSSR count). The molecule has 32 heavy (non-hydrogen) atoms. The van der Waals surface area contributed by atoms with Crippen LogP contribution in [0.5, 0.6) is 0 Å². The van der Waals surface area contributed by atoms with Gasteiger partial charge in [0.15, 0.2) is 5.82 Å². The van der Waals surface area contributed by atoms with Crippen molar-refractivity contribution < 1.29 is 9.72 Å². The lowest BCUT2D eigenvalue weighted by Gasteiger charge is -2.26. The minimum atomic E-state index is -0.455. The molecule has 0 unspecified atom stereocenters. The second kappa shape index (κ2) is 9.88. The van der Waals surface area contributed by atoms with Gasteiger partial charge in [0.1, 0.15) is 0 Å². The first-order valence-electron chi connectivity index (χ1n) is 10.3. The first-order valence-corrected chi connectivity index (χ1v) is 11.5. The van der Waals surface area contributed by atoms with Gasteiger partial charge in [0.2, 0.25) is 0 Å². The van der Waals surface area contributed by atoms with Crippen molar-refractivity contribution in [3.8, 4) is 22.6 Å². The van der Waals surface area contributed by atoms with Crippen molar-refractivity contribution in [3.05, 3.63) is 76.0 Å². The van der Waals surface area contributed by atoms with Crippen molar-refractivity contribution in [2.75, 3.05) is 31.3 Å². The largest absolute Gasteiger partial charge is 0.339 e. The summed E-state index contributed by atoms with van der Waals surface area (Å²) >= 11 is 1.91. The Morgan fingerprint density at radius 2 is 1.81 bits per heavy atom. The van der Waals surface area contributed by atoms with Gasteiger partial charge in [-0.1, -0.05) is 42.5 Å². The predicted octanol–water partition coefficient (Wildman–Crippen LogP) is 3.76. The van der Waals surface area contributed by atoms with E-state index in [0.717, 1.165) is 30.2 Å². The summed E-state index contributed by atoms with van der Waals surface area (Å²) in [6.07, 6.45) is 0. The quantitative estimate of drug-likeness (QED) is 0.452. The van der Waals surface area contributed by atoms with Crippen LogP contribution in [0.3, 0.4) is 0 Å². The number of carbonyl (C=O) groups is 1. The Bertz CT molecular complexity index is 1130. The molecule has 0 aliphatic carbocycles. The van der Waals surface area contributed by atoms with Crippen LogP contribution >= 0.6 is 11.8 Å². The summed E-state index contributed by atoms with van der Waals surface area (Å²) in [6, 6.07) is 15.6. The van der Waals surface area contributed by atoms with E-state index >= 15 is 0 Å². The third kappa shape index (κ3) is 4.95. The molecule has 164 valence electrons. The highest BCUT2D eigenvalue weighted by atomic mass is 32.2. The van der Waals surface area contributed by atoms with E-state index in [1.807, 2.05) is 42.1 Å². The van der Waals surface area contributed by atoms with Crippen molar-refractivity contribution in [2.24, 2.45) is 0 Å². The molecule has 3 aromatic rings. The van der Waals surface area contributed by atoms with Crippen LogP contribution in [0.25, 0.3) is 22.6 Å². The Labute approximate surface area is 190 Å². The van der Waals surface area contributed by atoms with Gasteiger partial charge < -0.3 is 5.32 Å². The number of nitrogens with one attached hydrogen (secondary N) is 1. The maximum Gasteiger partial charge on any atom is 0.270 e. The standard InChI is InChI=1S/C23H23N5O3S/c1-16-20(23(29)24-15-27-10-12-32-13-11-27)21(18-8-5-9-19(14-18)28(30)31)26-22(25-16)17-6-3-2-4-7-17/h2-9,14H,10-13,15H2,1H3,(H,24,29). The maximum atomic E-state index is 13.2. The molecule has 0 atom stereocenters. The van der Waals surface area contributed by atoms with Crippen molar-refractivity contribution >= 4 is 23.4 Å². The molecule has 8 nitrogen and oxygen atoms in total. The SMILES string of the molecule is Cc1nc(-c2ccccc2)nc(-c2cccc([N+](=O)[O-])c2)c1C(=O)NCN1CCSCC1. The van der Waals surface area contributed by atoms with Gasteiger partial charge >= 0.3 is 0 Å². The number of non-ortho nitro benzene ring substituents is 1. The van der Waals surface area contributed by atoms with E-state index in [1.54, 1.807) is 19.1 Å². The zero-order valence-corrected chi connectivity index (χ0v) is 18.5. The number of hydrogen-bond donors (Lipinski definition) is 1. The molecule has 1 N–H and O–H groups in total. The molecule has 2 heterocycles. The highest BCUT2D eigenvalue weighted by Crippen LogP contribution is 2.29. The molecule has 1 saturated heterocycles. The molecule has 1 aliphatic heterocycles. The number of nitro groups is 1. The first-order chi connectivity index (χ1) is 15.5. The molecule has 2 aromatic carbocycles. The molecular weight excluding hydrogens is 426 g/mol. The fraction of sp³-hybridized carbons (Fsp3) is 0.261. The summed E-state index contributed by atoms with van der Waals surface area (Å²) in [5.41, 5.74) is 2.48. The van der Waals surface area contributed by atoms with Crippen molar-refractivity contribution in [1.82, 2.24) is 20.2 Å². The van der Waals surface area contributed by atoms with Crippen molar-refractivity contribution in [3.63, 3.8) is 0 Å². The van der Waals surface area contributed by atoms with E-state index in [4.69, 9.17) is 0 Å². The van der Waals surface area contributed by atoms with Gasteiger partial charge in [0, 0.05) is 47.9 Å². The van der Waals surface area contributed by atoms with Crippen LogP contribution < -0.4 is 5.32 Å². The molecule has 1 aromatic heterocycles. The van der Waals surface area contributed by atoms with Gasteiger partial charge in [0.25, 0.3) is 11.6 Å². The lowest BCUT2D eigenvalue weighted by molar-refractivity contribution is -0.384. The number of carbonyl (C=O) groups excluding carboxylic acids is 1. The third-order valence-electron chi connectivity index (χ3n) is 5.25. The first kappa shape index (κ1) is 21.9. The number of hydrogen-bond acceptors (Lipinski definition) is 7. The average Bonchev–Trinajstić information content (AvgIpc) is 2.83. The number of amides is 1. The summed E-state index contributed by atoms with van der Waals surface area (Å²) in [7, 11) is 0. The van der Waals surface area contributed by atoms with Crippen LogP contribution in [0.1, 0.15) is 16.1 Å². The second-order valence-corrected chi connectivity index (χ2v) is 8.65. The fourth-order valence-corrected chi connectivity index (χ4v) is 4.55. The lowest BCUT2D eigenvalue weighted by atomic mass is 10.0. The van der Waals surface area contributed by atoms with Crippen molar-refractivity contribution in [1.29, 1.82) is 0 Å². The maximum absolute atomic E-state index is 13.2. The van der Waals surface area contributed by atoms with E-state index in [2.05, 4.69) is 20.2 Å². The average molecular weight is 450 g/mol. The third-order valence-corrected chi connectivity index (χ3v) is 6.19. The molecule has 0 spiro atoms. The Morgan fingerprint density at radius 3 is 2.53 bits per heavy atom. The van der Waals surface area contributed by atoms with E-state index < -0.39 is 4.92 Å². The zero-order chi connectivity index (χ0) is 22.5. The van der Waals surface area contributed by atoms with Crippen LogP contribution in [0.2, 0.25) is 0 Å². The van der Waals surface area contributed by atoms with Gasteiger partial charge in [-0.25, -0.2) is 9.97 Å². The summed E-state index contributed by atoms with van der Waals surface area (Å²) in [4.78, 5) is 35.5. The summed E-state index contributed by atoms with van der Waals surface area (Å²) < 4.78 is 0. The van der Waals surface area contributed by atoms with E-state index in [0.29, 0.717) is 35.0 Å². The summed E-state index contributed by atoms with van der Waals surface area (Å²) in [5, 5.41) is 14.3. The zero-order valence-electron chi connectivity index (χ0n) is 17.7. The van der Waals surface area contributed by atoms with Crippen molar-refractivity contribution in [2.45, 2.75) is 6.92 Å². The Kier molecular flexibility index (Phi) is 6.77. The minimum Gasteiger partial charge on any atom is -0.339 e. The van der Waals surface area contributed by atoms with E-state index in [1.165, 1.54) is 12.1 Å². The van der Waals surface area contributed by atoms with Crippen LogP contribution in [-0.2, 0) is 0 Å². The minimum absolute atomic E-state index is 0.0581. The highest BCUT2D eigenvalue weighted by molar-refractivity contribution is 7.99. The number of thioether (sulfide) groups is 1. The normalized spacial score (nSPS) is 14.2. The molecule has 1 aliphatic rings. The Morgan fingerprint density at radius 1 is 1.09 bits per heavy atom. The topological polar surface area (TPSA) is 101 Å². The summed E-state index contributed by atoms with van der Waals surface area (Å²) in [6.45, 7) is 4.05. The monoisotopic (exact) mass is 449 g/mol. The Hall–Kier alpha value is -3.30. The van der Waals surface area contributed by atoms with E-state index in [9.17, 15) is 14.9 Å². The number of rotatable bonds is 6. The lowest BCUT2D eigenvalue weighted by Crippen LogP contribution is -2.42. The summed E-state index contributed by atoms with van der Waals surface area (Å²) in [5.74, 6) is 2.27. The highest BCUT2D eigenvalue weighted by Gasteiger charge is 2.22. The fourth-order valence-electron chi connectivity index (χ4n) is 3.57. The molecule has 1 fully saturated rings. The van der Waals surface area contributed by atoms with Crippen LogP contribution in [-0.4, -0.2) is 57.0 Å². The van der Waals surface area contributed by atoms with Crippen LogP contribution in [0.15, 0.2) is 54.6 Å². The van der Waals surface area contributed by atoms with Gasteiger partial charge in [-0.15, -0.1) is 0 Å². The van der Waals surface area contributed by atoms with E-state index in [-0.39, 0.29) is 11.6 Å². The van der Waals surface area contributed by atoms with Gasteiger partial charge in [0.05, 0.1) is 28.5 Å². The molecule has 1 amide bonds. The number of nitrogens with zero attached hydrogens (tertiary/aromatic N) is 4. The molecular formula is C23H23N5O3S. The molecule has 0 saturated carbocycles. The second-order valence-electron chi connectivity index (χ2n) is 7.42.